The number of hydrogen-bond donors (Lipinski definition) is 2. The molecule has 0 spiro atoms. The lowest BCUT2D eigenvalue weighted by molar-refractivity contribution is 0.305. The number of hydrogen-bond acceptors (Lipinski definition) is 4. The molecule has 0 unspecified atom stereocenters. The summed E-state index contributed by atoms with van der Waals surface area (Å²) < 4.78 is 5.64. The summed E-state index contributed by atoms with van der Waals surface area (Å²) in [6, 6.07) is 14.3. The number of oxime groups is 1. The van der Waals surface area contributed by atoms with Crippen molar-refractivity contribution in [2.75, 3.05) is 0 Å². The maximum absolute atomic E-state index is 9.37. The van der Waals surface area contributed by atoms with Crippen molar-refractivity contribution in [1.82, 2.24) is 0 Å². The van der Waals surface area contributed by atoms with Crippen LogP contribution in [0, 0.1) is 0 Å². The highest BCUT2D eigenvalue weighted by Gasteiger charge is 2.02. The Labute approximate surface area is 117 Å². The summed E-state index contributed by atoms with van der Waals surface area (Å²) in [5, 5.41) is 21.5. The van der Waals surface area contributed by atoms with E-state index in [9.17, 15) is 5.11 Å². The van der Waals surface area contributed by atoms with E-state index in [0.29, 0.717) is 18.7 Å². The Kier molecular flexibility index (Phi) is 4.60. The van der Waals surface area contributed by atoms with Crippen LogP contribution in [-0.2, 0) is 6.61 Å². The highest BCUT2D eigenvalue weighted by molar-refractivity contribution is 6.00. The molecule has 2 aromatic carbocycles. The summed E-state index contributed by atoms with van der Waals surface area (Å²) >= 11 is 0. The van der Waals surface area contributed by atoms with Crippen LogP contribution in [-0.4, -0.2) is 16.0 Å². The molecule has 2 rings (SSSR count). The monoisotopic (exact) mass is 271 g/mol. The quantitative estimate of drug-likeness (QED) is 0.496. The molecule has 2 N–H and O–H groups in total. The summed E-state index contributed by atoms with van der Waals surface area (Å²) in [7, 11) is 0. The number of nitrogens with zero attached hydrogens (tertiary/aromatic N) is 1. The molecule has 104 valence electrons. The summed E-state index contributed by atoms with van der Waals surface area (Å²) in [4.78, 5) is 0. The maximum atomic E-state index is 9.37. The van der Waals surface area contributed by atoms with E-state index < -0.39 is 0 Å². The molecule has 4 heteroatoms. The molecule has 20 heavy (non-hydrogen) atoms. The Balaban J connectivity index is 2.01. The maximum Gasteiger partial charge on any atom is 0.119 e. The molecule has 0 bridgehead atoms. The summed E-state index contributed by atoms with van der Waals surface area (Å²) in [6.45, 7) is 2.32. The Morgan fingerprint density at radius 2 is 1.90 bits per heavy atom. The van der Waals surface area contributed by atoms with E-state index in [4.69, 9.17) is 9.94 Å². The lowest BCUT2D eigenvalue weighted by atomic mass is 10.1. The molecule has 0 atom stereocenters. The number of aromatic hydroxyl groups is 1. The zero-order valence-electron chi connectivity index (χ0n) is 11.3. The zero-order valence-corrected chi connectivity index (χ0v) is 11.3. The van der Waals surface area contributed by atoms with Gasteiger partial charge in [-0.2, -0.15) is 0 Å². The van der Waals surface area contributed by atoms with Crippen molar-refractivity contribution in [3.63, 3.8) is 0 Å². The minimum absolute atomic E-state index is 0.230. The summed E-state index contributed by atoms with van der Waals surface area (Å²) in [5.74, 6) is 0.957. The van der Waals surface area contributed by atoms with Gasteiger partial charge in [0.25, 0.3) is 0 Å². The molecule has 0 aliphatic heterocycles. The van der Waals surface area contributed by atoms with Gasteiger partial charge < -0.3 is 15.1 Å². The van der Waals surface area contributed by atoms with E-state index in [2.05, 4.69) is 5.16 Å². The predicted molar refractivity (Wildman–Crippen MR) is 77.5 cm³/mol. The third kappa shape index (κ3) is 3.51. The Bertz CT molecular complexity index is 591. The SMILES string of the molecule is CC/C(=N/O)c1ccc(OCc2cccc(O)c2)cc1. The van der Waals surface area contributed by atoms with Crippen LogP contribution in [0.4, 0.5) is 0 Å². The van der Waals surface area contributed by atoms with Crippen LogP contribution in [0.25, 0.3) is 0 Å². The van der Waals surface area contributed by atoms with Gasteiger partial charge in [0, 0.05) is 0 Å². The summed E-state index contributed by atoms with van der Waals surface area (Å²) in [5.41, 5.74) is 2.42. The molecule has 2 aromatic rings. The highest BCUT2D eigenvalue weighted by atomic mass is 16.5. The van der Waals surface area contributed by atoms with Gasteiger partial charge in [-0.25, -0.2) is 0 Å². The van der Waals surface area contributed by atoms with E-state index in [0.717, 1.165) is 16.9 Å². The van der Waals surface area contributed by atoms with Crippen molar-refractivity contribution in [3.8, 4) is 11.5 Å². The molecule has 0 aliphatic carbocycles. The molecule has 4 nitrogen and oxygen atoms in total. The van der Waals surface area contributed by atoms with Crippen molar-refractivity contribution in [1.29, 1.82) is 0 Å². The molecule has 0 fully saturated rings. The Hall–Kier alpha value is -2.49. The second kappa shape index (κ2) is 6.61. The zero-order chi connectivity index (χ0) is 14.4. The van der Waals surface area contributed by atoms with Gasteiger partial charge in [0.1, 0.15) is 18.1 Å². The summed E-state index contributed by atoms with van der Waals surface area (Å²) in [6.07, 6.45) is 0.667. The normalized spacial score (nSPS) is 11.3. The third-order valence-electron chi connectivity index (χ3n) is 2.96. The first kappa shape index (κ1) is 13.9. The van der Waals surface area contributed by atoms with E-state index in [1.54, 1.807) is 18.2 Å². The molecule has 0 radical (unpaired) electrons. The number of benzene rings is 2. The van der Waals surface area contributed by atoms with E-state index >= 15 is 0 Å². The number of ether oxygens (including phenoxy) is 1. The minimum atomic E-state index is 0.230. The van der Waals surface area contributed by atoms with Gasteiger partial charge in [-0.1, -0.05) is 24.2 Å². The van der Waals surface area contributed by atoms with Crippen LogP contribution in [0.2, 0.25) is 0 Å². The van der Waals surface area contributed by atoms with Crippen LogP contribution in [0.3, 0.4) is 0 Å². The predicted octanol–water partition coefficient (Wildman–Crippen LogP) is 3.56. The molecule has 0 aromatic heterocycles. The average molecular weight is 271 g/mol. The number of rotatable bonds is 5. The van der Waals surface area contributed by atoms with Gasteiger partial charge in [-0.15, -0.1) is 0 Å². The van der Waals surface area contributed by atoms with Gasteiger partial charge in [0.2, 0.25) is 0 Å². The van der Waals surface area contributed by atoms with Gasteiger partial charge in [-0.3, -0.25) is 0 Å². The van der Waals surface area contributed by atoms with Crippen molar-refractivity contribution in [2.45, 2.75) is 20.0 Å². The molecular formula is C16H17NO3. The number of phenolic OH excluding ortho intramolecular Hbond substituents is 1. The smallest absolute Gasteiger partial charge is 0.119 e. The van der Waals surface area contributed by atoms with Crippen LogP contribution in [0.15, 0.2) is 53.7 Å². The standard InChI is InChI=1S/C16H17NO3/c1-2-16(17-19)13-6-8-15(9-7-13)20-11-12-4-3-5-14(18)10-12/h3-10,18-19H,2,11H2,1H3/b17-16-. The van der Waals surface area contributed by atoms with Crippen LogP contribution in [0.1, 0.15) is 24.5 Å². The third-order valence-corrected chi connectivity index (χ3v) is 2.96. The van der Waals surface area contributed by atoms with Crippen LogP contribution < -0.4 is 4.74 Å². The molecule has 0 saturated heterocycles. The average Bonchev–Trinajstić information content (AvgIpc) is 2.48. The lowest BCUT2D eigenvalue weighted by Gasteiger charge is -2.08. The van der Waals surface area contributed by atoms with Crippen molar-refractivity contribution in [3.05, 3.63) is 59.7 Å². The second-order valence-corrected chi connectivity index (χ2v) is 4.38. The molecule has 0 saturated carbocycles. The first-order valence-corrected chi connectivity index (χ1v) is 6.45. The van der Waals surface area contributed by atoms with E-state index in [-0.39, 0.29) is 5.75 Å². The second-order valence-electron chi connectivity index (χ2n) is 4.38. The first-order valence-electron chi connectivity index (χ1n) is 6.45. The molecule has 0 heterocycles. The van der Waals surface area contributed by atoms with Crippen molar-refractivity contribution in [2.24, 2.45) is 5.16 Å². The van der Waals surface area contributed by atoms with Gasteiger partial charge in [0.15, 0.2) is 0 Å². The fourth-order valence-electron chi connectivity index (χ4n) is 1.89. The van der Waals surface area contributed by atoms with Crippen LogP contribution in [0.5, 0.6) is 11.5 Å². The van der Waals surface area contributed by atoms with Gasteiger partial charge >= 0.3 is 0 Å². The van der Waals surface area contributed by atoms with Gasteiger partial charge in [-0.05, 0) is 53.9 Å². The Morgan fingerprint density at radius 3 is 2.50 bits per heavy atom. The molecular weight excluding hydrogens is 254 g/mol. The van der Waals surface area contributed by atoms with E-state index in [1.165, 1.54) is 0 Å². The minimum Gasteiger partial charge on any atom is -0.508 e. The van der Waals surface area contributed by atoms with Gasteiger partial charge in [0.05, 0.1) is 5.71 Å². The number of phenols is 1. The van der Waals surface area contributed by atoms with Crippen LogP contribution >= 0.6 is 0 Å². The Morgan fingerprint density at radius 1 is 1.15 bits per heavy atom. The first-order chi connectivity index (χ1) is 9.72. The fourth-order valence-corrected chi connectivity index (χ4v) is 1.89. The largest absolute Gasteiger partial charge is 0.508 e. The van der Waals surface area contributed by atoms with E-state index in [1.807, 2.05) is 37.3 Å². The molecule has 0 amide bonds. The van der Waals surface area contributed by atoms with Crippen molar-refractivity contribution < 1.29 is 15.1 Å². The topological polar surface area (TPSA) is 62.1 Å². The molecule has 0 aliphatic rings. The highest BCUT2D eigenvalue weighted by Crippen LogP contribution is 2.17. The lowest BCUT2D eigenvalue weighted by Crippen LogP contribution is -1.99. The fraction of sp³-hybridized carbons (Fsp3) is 0.188. The van der Waals surface area contributed by atoms with Crippen molar-refractivity contribution >= 4 is 5.71 Å².